The minimum Gasteiger partial charge on any atom is -0.326 e. The largest absolute Gasteiger partial charge is 0.326 e. The number of carbonyl (C=O) groups is 3. The molecule has 0 unspecified atom stereocenters. The van der Waals surface area contributed by atoms with E-state index in [1.54, 1.807) is 19.1 Å². The van der Waals surface area contributed by atoms with E-state index in [9.17, 15) is 14.4 Å². The van der Waals surface area contributed by atoms with Gasteiger partial charge in [0, 0.05) is 30.0 Å². The molecular weight excluding hydrogens is 390 g/mol. The number of benzene rings is 2. The smallest absolute Gasteiger partial charge is 0.238 e. The Labute approximate surface area is 176 Å². The predicted molar refractivity (Wildman–Crippen MR) is 114 cm³/mol. The maximum Gasteiger partial charge on any atom is 0.238 e. The van der Waals surface area contributed by atoms with Crippen molar-refractivity contribution < 1.29 is 14.4 Å². The van der Waals surface area contributed by atoms with Crippen LogP contribution in [0.5, 0.6) is 0 Å². The van der Waals surface area contributed by atoms with Gasteiger partial charge in [-0.1, -0.05) is 54.9 Å². The lowest BCUT2D eigenvalue weighted by atomic mass is 10.0. The van der Waals surface area contributed by atoms with Crippen molar-refractivity contribution in [1.82, 2.24) is 10.9 Å². The molecule has 0 aliphatic heterocycles. The van der Waals surface area contributed by atoms with Gasteiger partial charge in [-0.25, -0.2) is 0 Å². The summed E-state index contributed by atoms with van der Waals surface area (Å²) in [7, 11) is 0. The number of amides is 3. The third kappa shape index (κ3) is 8.35. The minimum absolute atomic E-state index is 0.126. The molecule has 154 valence electrons. The van der Waals surface area contributed by atoms with Crippen molar-refractivity contribution in [2.45, 2.75) is 39.5 Å². The van der Waals surface area contributed by atoms with Crippen molar-refractivity contribution in [3.63, 3.8) is 0 Å². The Morgan fingerprint density at radius 1 is 0.931 bits per heavy atom. The summed E-state index contributed by atoms with van der Waals surface area (Å²) in [6, 6.07) is 14.9. The van der Waals surface area contributed by atoms with Crippen molar-refractivity contribution in [2.75, 3.05) is 5.32 Å². The molecule has 0 saturated carbocycles. The molecule has 0 fully saturated rings. The fraction of sp³-hybridized carbons (Fsp3) is 0.318. The minimum atomic E-state index is -0.336. The zero-order valence-electron chi connectivity index (χ0n) is 16.6. The van der Waals surface area contributed by atoms with E-state index in [2.05, 4.69) is 16.2 Å². The maximum absolute atomic E-state index is 12.1. The van der Waals surface area contributed by atoms with Crippen LogP contribution in [0.2, 0.25) is 5.02 Å². The van der Waals surface area contributed by atoms with Crippen molar-refractivity contribution in [3.05, 3.63) is 64.7 Å². The molecule has 3 amide bonds. The second-order valence-corrected chi connectivity index (χ2v) is 7.51. The number of rotatable bonds is 8. The van der Waals surface area contributed by atoms with Crippen LogP contribution in [0.3, 0.4) is 0 Å². The van der Waals surface area contributed by atoms with Gasteiger partial charge < -0.3 is 5.32 Å². The van der Waals surface area contributed by atoms with E-state index < -0.39 is 0 Å². The van der Waals surface area contributed by atoms with Crippen molar-refractivity contribution in [3.8, 4) is 0 Å². The Hall–Kier alpha value is -2.86. The molecule has 0 spiro atoms. The summed E-state index contributed by atoms with van der Waals surface area (Å²) in [5.74, 6) is -0.977. The van der Waals surface area contributed by atoms with Gasteiger partial charge in [0.25, 0.3) is 0 Å². The third-order valence-electron chi connectivity index (χ3n) is 4.35. The molecule has 0 aromatic heterocycles. The number of hydrazine groups is 1. The molecule has 2 aromatic rings. The van der Waals surface area contributed by atoms with Gasteiger partial charge >= 0.3 is 0 Å². The van der Waals surface area contributed by atoms with Gasteiger partial charge in [-0.2, -0.15) is 0 Å². The fourth-order valence-corrected chi connectivity index (χ4v) is 2.92. The SMILES string of the molecule is Cc1ccc(NC(=O)C[C@H](C)CC(=O)NNC(=O)CCc2ccccc2)cc1Cl. The molecule has 1 atom stereocenters. The van der Waals surface area contributed by atoms with E-state index in [0.29, 0.717) is 17.1 Å². The molecular formula is C22H26ClN3O3. The van der Waals surface area contributed by atoms with Crippen LogP contribution >= 0.6 is 11.6 Å². The molecule has 3 N–H and O–H groups in total. The molecule has 2 rings (SSSR count). The molecule has 7 heteroatoms. The van der Waals surface area contributed by atoms with E-state index >= 15 is 0 Å². The lowest BCUT2D eigenvalue weighted by molar-refractivity contribution is -0.129. The highest BCUT2D eigenvalue weighted by molar-refractivity contribution is 6.31. The fourth-order valence-electron chi connectivity index (χ4n) is 2.74. The quantitative estimate of drug-likeness (QED) is 0.573. The first-order valence-corrected chi connectivity index (χ1v) is 9.89. The van der Waals surface area contributed by atoms with Crippen LogP contribution in [0.15, 0.2) is 48.5 Å². The number of anilines is 1. The van der Waals surface area contributed by atoms with Gasteiger partial charge in [-0.05, 0) is 42.5 Å². The molecule has 0 saturated heterocycles. The van der Waals surface area contributed by atoms with Crippen molar-refractivity contribution in [2.24, 2.45) is 5.92 Å². The zero-order chi connectivity index (χ0) is 21.2. The van der Waals surface area contributed by atoms with Gasteiger partial charge in [0.05, 0.1) is 0 Å². The molecule has 0 heterocycles. The van der Waals surface area contributed by atoms with Gasteiger partial charge in [-0.3, -0.25) is 25.2 Å². The van der Waals surface area contributed by atoms with Crippen LogP contribution in [-0.4, -0.2) is 17.7 Å². The number of aryl methyl sites for hydroxylation is 2. The Kier molecular flexibility index (Phi) is 8.68. The van der Waals surface area contributed by atoms with Crippen LogP contribution in [0.25, 0.3) is 0 Å². The zero-order valence-corrected chi connectivity index (χ0v) is 17.4. The van der Waals surface area contributed by atoms with Gasteiger partial charge in [-0.15, -0.1) is 0 Å². The number of halogens is 1. The highest BCUT2D eigenvalue weighted by Gasteiger charge is 2.14. The lowest BCUT2D eigenvalue weighted by Gasteiger charge is -2.13. The normalized spacial score (nSPS) is 11.4. The molecule has 6 nitrogen and oxygen atoms in total. The van der Waals surface area contributed by atoms with E-state index in [4.69, 9.17) is 11.6 Å². The van der Waals surface area contributed by atoms with Crippen molar-refractivity contribution in [1.29, 1.82) is 0 Å². The van der Waals surface area contributed by atoms with Crippen LogP contribution in [0, 0.1) is 12.8 Å². The Morgan fingerprint density at radius 3 is 2.28 bits per heavy atom. The Bertz CT molecular complexity index is 856. The second-order valence-electron chi connectivity index (χ2n) is 7.11. The maximum atomic E-state index is 12.1. The molecule has 0 radical (unpaired) electrons. The number of hydrogen-bond acceptors (Lipinski definition) is 3. The average molecular weight is 416 g/mol. The summed E-state index contributed by atoms with van der Waals surface area (Å²) in [5, 5.41) is 3.35. The summed E-state index contributed by atoms with van der Waals surface area (Å²) in [6.07, 6.45) is 1.19. The predicted octanol–water partition coefficient (Wildman–Crippen LogP) is 3.78. The topological polar surface area (TPSA) is 87.3 Å². The highest BCUT2D eigenvalue weighted by Crippen LogP contribution is 2.20. The van der Waals surface area contributed by atoms with E-state index in [1.165, 1.54) is 0 Å². The first-order chi connectivity index (χ1) is 13.8. The molecule has 0 aliphatic rings. The standard InChI is InChI=1S/C22H26ClN3O3/c1-15(12-21(28)24-18-10-8-16(2)19(23)14-18)13-22(29)26-25-20(27)11-9-17-6-4-3-5-7-17/h3-8,10,14-15H,9,11-13H2,1-2H3,(H,24,28)(H,25,27)(H,26,29)/t15-/m0/s1. The summed E-state index contributed by atoms with van der Waals surface area (Å²) in [4.78, 5) is 35.9. The van der Waals surface area contributed by atoms with Crippen LogP contribution < -0.4 is 16.2 Å². The number of nitrogens with one attached hydrogen (secondary N) is 3. The number of carbonyl (C=O) groups excluding carboxylic acids is 3. The first kappa shape index (κ1) is 22.4. The third-order valence-corrected chi connectivity index (χ3v) is 4.76. The summed E-state index contributed by atoms with van der Waals surface area (Å²) >= 11 is 6.05. The van der Waals surface area contributed by atoms with Gasteiger partial charge in [0.1, 0.15) is 0 Å². The van der Waals surface area contributed by atoms with E-state index in [1.807, 2.05) is 43.3 Å². The molecule has 29 heavy (non-hydrogen) atoms. The monoisotopic (exact) mass is 415 g/mol. The van der Waals surface area contributed by atoms with Gasteiger partial charge in [0.15, 0.2) is 0 Å². The Balaban J connectivity index is 1.66. The summed E-state index contributed by atoms with van der Waals surface area (Å²) in [6.45, 7) is 3.69. The van der Waals surface area contributed by atoms with Crippen molar-refractivity contribution >= 4 is 35.0 Å². The molecule has 0 aliphatic carbocycles. The number of hydrogen-bond donors (Lipinski definition) is 3. The van der Waals surface area contributed by atoms with Crippen LogP contribution in [0.1, 0.15) is 37.3 Å². The van der Waals surface area contributed by atoms with Crippen LogP contribution in [0.4, 0.5) is 5.69 Å². The summed E-state index contributed by atoms with van der Waals surface area (Å²) in [5.41, 5.74) is 7.42. The van der Waals surface area contributed by atoms with E-state index in [0.717, 1.165) is 11.1 Å². The van der Waals surface area contributed by atoms with Gasteiger partial charge in [0.2, 0.25) is 17.7 Å². The molecule has 0 bridgehead atoms. The first-order valence-electron chi connectivity index (χ1n) is 9.51. The Morgan fingerprint density at radius 2 is 1.59 bits per heavy atom. The van der Waals surface area contributed by atoms with E-state index in [-0.39, 0.29) is 42.9 Å². The summed E-state index contributed by atoms with van der Waals surface area (Å²) < 4.78 is 0. The molecule has 2 aromatic carbocycles. The lowest BCUT2D eigenvalue weighted by Crippen LogP contribution is -2.42. The van der Waals surface area contributed by atoms with Crippen LogP contribution in [-0.2, 0) is 20.8 Å². The second kappa shape index (κ2) is 11.2. The highest BCUT2D eigenvalue weighted by atomic mass is 35.5. The average Bonchev–Trinajstić information content (AvgIpc) is 2.68.